The normalized spacial score (nSPS) is 20.2. The van der Waals surface area contributed by atoms with Gasteiger partial charge in [0.1, 0.15) is 11.6 Å². The van der Waals surface area contributed by atoms with E-state index in [9.17, 15) is 0 Å². The Kier molecular flexibility index (Phi) is 4.28. The number of nitrogens with one attached hydrogen (secondary N) is 1. The Balaban J connectivity index is 1.64. The maximum absolute atomic E-state index is 5.48. The minimum Gasteiger partial charge on any atom is -0.354 e. The van der Waals surface area contributed by atoms with Crippen molar-refractivity contribution in [1.82, 2.24) is 14.9 Å². The highest BCUT2D eigenvalue weighted by Crippen LogP contribution is 2.30. The van der Waals surface area contributed by atoms with Gasteiger partial charge < -0.3 is 10.3 Å². The van der Waals surface area contributed by atoms with Gasteiger partial charge in [0.15, 0.2) is 5.16 Å². The van der Waals surface area contributed by atoms with Crippen LogP contribution in [-0.4, -0.2) is 53.8 Å². The van der Waals surface area contributed by atoms with Crippen LogP contribution in [0.15, 0.2) is 11.2 Å². The van der Waals surface area contributed by atoms with Crippen LogP contribution in [0.25, 0.3) is 0 Å². The van der Waals surface area contributed by atoms with Gasteiger partial charge in [-0.3, -0.25) is 4.90 Å². The smallest absolute Gasteiger partial charge is 0.191 e. The van der Waals surface area contributed by atoms with Crippen molar-refractivity contribution in [2.75, 3.05) is 49.3 Å². The Bertz CT molecular complexity index is 434. The standard InChI is InChI=1S/C13H22N6S/c1-20-13-15-11(17-14)8-12(16-13)19-6-4-18(5-7-19)9-10-2-3-10/h8,10H,2-7,9,14H2,1H3,(H,15,16,17). The molecule has 1 aromatic rings. The molecular formula is C13H22N6S. The molecule has 0 atom stereocenters. The van der Waals surface area contributed by atoms with E-state index < -0.39 is 0 Å². The lowest BCUT2D eigenvalue weighted by Gasteiger charge is -2.35. The third-order valence-corrected chi connectivity index (χ3v) is 4.48. The summed E-state index contributed by atoms with van der Waals surface area (Å²) >= 11 is 1.54. The molecule has 6 nitrogen and oxygen atoms in total. The molecule has 2 aliphatic rings. The predicted octanol–water partition coefficient (Wildman–Crippen LogP) is 1.02. The molecule has 20 heavy (non-hydrogen) atoms. The van der Waals surface area contributed by atoms with Crippen LogP contribution in [0, 0.1) is 5.92 Å². The minimum absolute atomic E-state index is 0.680. The summed E-state index contributed by atoms with van der Waals surface area (Å²) in [6, 6.07) is 1.93. The average Bonchev–Trinajstić information content (AvgIpc) is 3.31. The highest BCUT2D eigenvalue weighted by atomic mass is 32.2. The molecule has 2 fully saturated rings. The number of hydrogen-bond acceptors (Lipinski definition) is 7. The molecule has 3 rings (SSSR count). The van der Waals surface area contributed by atoms with Gasteiger partial charge in [-0.1, -0.05) is 11.8 Å². The highest BCUT2D eigenvalue weighted by molar-refractivity contribution is 7.98. The molecule has 0 bridgehead atoms. The lowest BCUT2D eigenvalue weighted by atomic mass is 10.3. The molecule has 3 N–H and O–H groups in total. The molecule has 1 aromatic heterocycles. The van der Waals surface area contributed by atoms with Crippen molar-refractivity contribution in [2.24, 2.45) is 11.8 Å². The van der Waals surface area contributed by atoms with Crippen molar-refractivity contribution in [2.45, 2.75) is 18.0 Å². The molecule has 0 amide bonds. The largest absolute Gasteiger partial charge is 0.354 e. The van der Waals surface area contributed by atoms with Crippen molar-refractivity contribution in [1.29, 1.82) is 0 Å². The van der Waals surface area contributed by atoms with E-state index in [0.29, 0.717) is 5.82 Å². The Labute approximate surface area is 124 Å². The van der Waals surface area contributed by atoms with E-state index in [1.54, 1.807) is 0 Å². The van der Waals surface area contributed by atoms with Crippen LogP contribution in [-0.2, 0) is 0 Å². The number of hydrogen-bond donors (Lipinski definition) is 2. The summed E-state index contributed by atoms with van der Waals surface area (Å²) in [5.41, 5.74) is 2.62. The van der Waals surface area contributed by atoms with E-state index in [4.69, 9.17) is 5.84 Å². The first-order valence-electron chi connectivity index (χ1n) is 7.15. The molecule has 1 aliphatic carbocycles. The van der Waals surface area contributed by atoms with Crippen LogP contribution in [0.4, 0.5) is 11.6 Å². The Morgan fingerprint density at radius 1 is 1.30 bits per heavy atom. The van der Waals surface area contributed by atoms with E-state index in [2.05, 4.69) is 25.2 Å². The zero-order valence-corrected chi connectivity index (χ0v) is 12.7. The molecule has 1 aliphatic heterocycles. The van der Waals surface area contributed by atoms with E-state index in [1.807, 2.05) is 12.3 Å². The van der Waals surface area contributed by atoms with E-state index in [0.717, 1.165) is 43.1 Å². The number of nitrogens with zero attached hydrogens (tertiary/aromatic N) is 4. The number of thioether (sulfide) groups is 1. The summed E-state index contributed by atoms with van der Waals surface area (Å²) in [5, 5.41) is 0.760. The van der Waals surface area contributed by atoms with Crippen molar-refractivity contribution in [3.8, 4) is 0 Å². The number of nitrogens with two attached hydrogens (primary N) is 1. The number of hydrazine groups is 1. The Morgan fingerprint density at radius 2 is 2.05 bits per heavy atom. The first kappa shape index (κ1) is 13.9. The number of rotatable bonds is 5. The molecule has 110 valence electrons. The molecule has 1 saturated heterocycles. The van der Waals surface area contributed by atoms with Crippen LogP contribution in [0.1, 0.15) is 12.8 Å². The molecule has 0 unspecified atom stereocenters. The van der Waals surface area contributed by atoms with Crippen molar-refractivity contribution in [3.05, 3.63) is 6.07 Å². The molecule has 0 radical (unpaired) electrons. The molecular weight excluding hydrogens is 272 g/mol. The van der Waals surface area contributed by atoms with Gasteiger partial charge in [-0.2, -0.15) is 0 Å². The second kappa shape index (κ2) is 6.15. The third kappa shape index (κ3) is 3.34. The van der Waals surface area contributed by atoms with Crippen LogP contribution in [0.3, 0.4) is 0 Å². The molecule has 2 heterocycles. The maximum Gasteiger partial charge on any atom is 0.191 e. The van der Waals surface area contributed by atoms with Gasteiger partial charge >= 0.3 is 0 Å². The zero-order valence-electron chi connectivity index (χ0n) is 11.9. The van der Waals surface area contributed by atoms with E-state index in [1.165, 1.54) is 31.1 Å². The highest BCUT2D eigenvalue weighted by Gasteiger charge is 2.26. The Hall–Kier alpha value is -1.05. The quantitative estimate of drug-likeness (QED) is 0.363. The average molecular weight is 294 g/mol. The van der Waals surface area contributed by atoms with Gasteiger partial charge in [-0.25, -0.2) is 15.8 Å². The number of aromatic nitrogens is 2. The summed E-state index contributed by atoms with van der Waals surface area (Å²) < 4.78 is 0. The zero-order chi connectivity index (χ0) is 13.9. The van der Waals surface area contributed by atoms with Crippen molar-refractivity contribution in [3.63, 3.8) is 0 Å². The summed E-state index contributed by atoms with van der Waals surface area (Å²) in [6.45, 7) is 5.59. The van der Waals surface area contributed by atoms with Crippen LogP contribution in [0.2, 0.25) is 0 Å². The topological polar surface area (TPSA) is 70.3 Å². The summed E-state index contributed by atoms with van der Waals surface area (Å²) in [5.74, 6) is 8.10. The van der Waals surface area contributed by atoms with Gasteiger partial charge in [-0.15, -0.1) is 0 Å². The second-order valence-corrected chi connectivity index (χ2v) is 6.25. The first-order chi connectivity index (χ1) is 9.78. The summed E-state index contributed by atoms with van der Waals surface area (Å²) in [6.07, 6.45) is 4.83. The number of nitrogen functional groups attached to an aromatic ring is 1. The molecule has 0 aromatic carbocycles. The van der Waals surface area contributed by atoms with Crippen LogP contribution >= 0.6 is 11.8 Å². The fourth-order valence-electron chi connectivity index (χ4n) is 2.57. The number of piperazine rings is 1. The van der Waals surface area contributed by atoms with Gasteiger partial charge in [-0.05, 0) is 25.0 Å². The Morgan fingerprint density at radius 3 is 2.65 bits per heavy atom. The summed E-state index contributed by atoms with van der Waals surface area (Å²) in [7, 11) is 0. The van der Waals surface area contributed by atoms with Crippen molar-refractivity contribution >= 4 is 23.4 Å². The van der Waals surface area contributed by atoms with Gasteiger partial charge in [0, 0.05) is 38.8 Å². The van der Waals surface area contributed by atoms with Crippen LogP contribution < -0.4 is 16.2 Å². The monoisotopic (exact) mass is 294 g/mol. The fraction of sp³-hybridized carbons (Fsp3) is 0.692. The lowest BCUT2D eigenvalue weighted by molar-refractivity contribution is 0.247. The maximum atomic E-state index is 5.48. The molecule has 1 saturated carbocycles. The van der Waals surface area contributed by atoms with Crippen LogP contribution in [0.5, 0.6) is 0 Å². The lowest BCUT2D eigenvalue weighted by Crippen LogP contribution is -2.47. The fourth-order valence-corrected chi connectivity index (χ4v) is 2.94. The predicted molar refractivity (Wildman–Crippen MR) is 83.0 cm³/mol. The van der Waals surface area contributed by atoms with Crippen molar-refractivity contribution < 1.29 is 0 Å². The van der Waals surface area contributed by atoms with E-state index >= 15 is 0 Å². The molecule has 7 heteroatoms. The van der Waals surface area contributed by atoms with E-state index in [-0.39, 0.29) is 0 Å². The summed E-state index contributed by atoms with van der Waals surface area (Å²) in [4.78, 5) is 13.8. The minimum atomic E-state index is 0.680. The SMILES string of the molecule is CSc1nc(NN)cc(N2CCN(CC3CC3)CC2)n1. The van der Waals surface area contributed by atoms with Gasteiger partial charge in [0.05, 0.1) is 0 Å². The van der Waals surface area contributed by atoms with Gasteiger partial charge in [0.2, 0.25) is 0 Å². The first-order valence-corrected chi connectivity index (χ1v) is 8.38. The van der Waals surface area contributed by atoms with Gasteiger partial charge in [0.25, 0.3) is 0 Å². The number of anilines is 2. The third-order valence-electron chi connectivity index (χ3n) is 3.93. The molecule has 0 spiro atoms. The second-order valence-electron chi connectivity index (χ2n) is 5.47.